The standard InChI is InChI=1S/C24H24BrF2N3O2/c25-17-5-6-22(31)19(15-17)21-13-16(18-3-1-4-20(26)24(18)27)14-23(29-21)28-7-2-8-30-9-11-32-12-10-30/h1,3-6,13-15,31H,2,7-12H2,(H,28,29). The lowest BCUT2D eigenvalue weighted by molar-refractivity contribution is 0.0378. The number of hydrogen-bond donors (Lipinski definition) is 2. The molecule has 2 N–H and O–H groups in total. The number of hydrogen-bond acceptors (Lipinski definition) is 5. The van der Waals surface area contributed by atoms with Crippen molar-refractivity contribution in [2.75, 3.05) is 44.7 Å². The summed E-state index contributed by atoms with van der Waals surface area (Å²) in [4.78, 5) is 6.98. The van der Waals surface area contributed by atoms with Crippen LogP contribution in [0.25, 0.3) is 22.4 Å². The molecule has 0 unspecified atom stereocenters. The van der Waals surface area contributed by atoms with Gasteiger partial charge in [-0.3, -0.25) is 4.90 Å². The molecule has 1 fully saturated rings. The number of phenols is 1. The van der Waals surface area contributed by atoms with E-state index in [0.717, 1.165) is 49.8 Å². The van der Waals surface area contributed by atoms with E-state index in [0.29, 0.717) is 29.2 Å². The Balaban J connectivity index is 1.61. The minimum absolute atomic E-state index is 0.0517. The number of rotatable bonds is 7. The van der Waals surface area contributed by atoms with Crippen molar-refractivity contribution in [2.45, 2.75) is 6.42 Å². The Morgan fingerprint density at radius 1 is 1.06 bits per heavy atom. The highest BCUT2D eigenvalue weighted by molar-refractivity contribution is 9.10. The van der Waals surface area contributed by atoms with Gasteiger partial charge in [0.2, 0.25) is 0 Å². The van der Waals surface area contributed by atoms with Gasteiger partial charge >= 0.3 is 0 Å². The molecular weight excluding hydrogens is 480 g/mol. The molecule has 4 rings (SSSR count). The summed E-state index contributed by atoms with van der Waals surface area (Å²) in [6.45, 7) is 4.99. The Labute approximate surface area is 194 Å². The molecule has 0 bridgehead atoms. The number of aromatic hydroxyl groups is 1. The van der Waals surface area contributed by atoms with Gasteiger partial charge in [0.25, 0.3) is 0 Å². The summed E-state index contributed by atoms with van der Waals surface area (Å²) in [7, 11) is 0. The van der Waals surface area contributed by atoms with E-state index in [-0.39, 0.29) is 11.3 Å². The smallest absolute Gasteiger partial charge is 0.166 e. The molecule has 1 aliphatic rings. The zero-order valence-electron chi connectivity index (χ0n) is 17.5. The Hall–Kier alpha value is -2.55. The van der Waals surface area contributed by atoms with Crippen molar-refractivity contribution in [1.29, 1.82) is 0 Å². The molecule has 3 aromatic rings. The summed E-state index contributed by atoms with van der Waals surface area (Å²) in [5, 5.41) is 13.7. The molecule has 0 saturated carbocycles. The first kappa shape index (κ1) is 22.6. The minimum atomic E-state index is -0.915. The highest BCUT2D eigenvalue weighted by Gasteiger charge is 2.15. The zero-order valence-corrected chi connectivity index (χ0v) is 19.0. The number of phenolic OH excluding ortho intramolecular Hbond substituents is 1. The number of anilines is 1. The molecule has 2 aromatic carbocycles. The second kappa shape index (κ2) is 10.4. The fourth-order valence-corrected chi connectivity index (χ4v) is 4.06. The van der Waals surface area contributed by atoms with Crippen molar-refractivity contribution in [1.82, 2.24) is 9.88 Å². The van der Waals surface area contributed by atoms with Crippen molar-refractivity contribution < 1.29 is 18.6 Å². The molecule has 5 nitrogen and oxygen atoms in total. The zero-order chi connectivity index (χ0) is 22.5. The fraction of sp³-hybridized carbons (Fsp3) is 0.292. The van der Waals surface area contributed by atoms with Crippen molar-refractivity contribution >= 4 is 21.7 Å². The van der Waals surface area contributed by atoms with E-state index in [1.165, 1.54) is 12.1 Å². The molecule has 0 atom stereocenters. The third kappa shape index (κ3) is 5.43. The van der Waals surface area contributed by atoms with Gasteiger partial charge in [0.1, 0.15) is 11.6 Å². The second-order valence-electron chi connectivity index (χ2n) is 7.62. The topological polar surface area (TPSA) is 57.6 Å². The molecule has 168 valence electrons. The summed E-state index contributed by atoms with van der Waals surface area (Å²) in [5.74, 6) is -1.24. The van der Waals surface area contributed by atoms with Crippen LogP contribution in [-0.2, 0) is 4.74 Å². The maximum absolute atomic E-state index is 14.5. The summed E-state index contributed by atoms with van der Waals surface area (Å²) in [6, 6.07) is 12.5. The van der Waals surface area contributed by atoms with Gasteiger partial charge in [0.05, 0.1) is 18.9 Å². The molecule has 1 aliphatic heterocycles. The number of ether oxygens (including phenoxy) is 1. The van der Waals surface area contributed by atoms with E-state index >= 15 is 0 Å². The first-order valence-electron chi connectivity index (χ1n) is 10.5. The predicted octanol–water partition coefficient (Wildman–Crippen LogP) is 5.30. The summed E-state index contributed by atoms with van der Waals surface area (Å²) in [5.41, 5.74) is 1.57. The SMILES string of the molecule is Oc1ccc(Br)cc1-c1cc(-c2cccc(F)c2F)cc(NCCCN2CCOCC2)n1. The van der Waals surface area contributed by atoms with Gasteiger partial charge < -0.3 is 15.2 Å². The minimum Gasteiger partial charge on any atom is -0.507 e. The van der Waals surface area contributed by atoms with E-state index in [2.05, 4.69) is 31.1 Å². The van der Waals surface area contributed by atoms with E-state index in [4.69, 9.17) is 4.74 Å². The van der Waals surface area contributed by atoms with Gasteiger partial charge in [-0.25, -0.2) is 13.8 Å². The van der Waals surface area contributed by atoms with Crippen molar-refractivity contribution in [2.24, 2.45) is 0 Å². The highest BCUT2D eigenvalue weighted by atomic mass is 79.9. The van der Waals surface area contributed by atoms with Gasteiger partial charge in [-0.1, -0.05) is 28.1 Å². The summed E-state index contributed by atoms with van der Waals surface area (Å²) < 4.78 is 34.5. The van der Waals surface area contributed by atoms with Crippen LogP contribution in [0, 0.1) is 11.6 Å². The van der Waals surface area contributed by atoms with E-state index < -0.39 is 11.6 Å². The first-order chi connectivity index (χ1) is 15.5. The van der Waals surface area contributed by atoms with E-state index in [9.17, 15) is 13.9 Å². The summed E-state index contributed by atoms with van der Waals surface area (Å²) >= 11 is 3.41. The number of nitrogens with zero attached hydrogens (tertiary/aromatic N) is 2. The monoisotopic (exact) mass is 503 g/mol. The van der Waals surface area contributed by atoms with Crippen molar-refractivity contribution in [3.05, 3.63) is 64.6 Å². The van der Waals surface area contributed by atoms with Gasteiger partial charge in [-0.2, -0.15) is 0 Å². The van der Waals surface area contributed by atoms with Gasteiger partial charge in [0, 0.05) is 35.2 Å². The van der Waals surface area contributed by atoms with Crippen molar-refractivity contribution in [3.63, 3.8) is 0 Å². The van der Waals surface area contributed by atoms with Crippen LogP contribution in [0.3, 0.4) is 0 Å². The van der Waals surface area contributed by atoms with Gasteiger partial charge in [-0.15, -0.1) is 0 Å². The van der Waals surface area contributed by atoms with Crippen LogP contribution in [0.1, 0.15) is 6.42 Å². The Bertz CT molecular complexity index is 1070. The number of halogens is 3. The van der Waals surface area contributed by atoms with Gasteiger partial charge in [0.15, 0.2) is 11.6 Å². The molecule has 1 saturated heterocycles. The van der Waals surface area contributed by atoms with Crippen LogP contribution in [0.15, 0.2) is 53.0 Å². The normalized spacial score (nSPS) is 14.5. The molecule has 0 aliphatic carbocycles. The molecular formula is C24H24BrF2N3O2. The first-order valence-corrected chi connectivity index (χ1v) is 11.3. The molecule has 2 heterocycles. The van der Waals surface area contributed by atoms with Crippen LogP contribution < -0.4 is 5.32 Å². The molecule has 0 spiro atoms. The van der Waals surface area contributed by atoms with Crippen molar-refractivity contribution in [3.8, 4) is 28.1 Å². The molecule has 0 radical (unpaired) electrons. The highest BCUT2D eigenvalue weighted by Crippen LogP contribution is 2.35. The molecule has 32 heavy (non-hydrogen) atoms. The predicted molar refractivity (Wildman–Crippen MR) is 125 cm³/mol. The lowest BCUT2D eigenvalue weighted by atomic mass is 10.0. The lowest BCUT2D eigenvalue weighted by Gasteiger charge is -2.26. The average molecular weight is 504 g/mol. The van der Waals surface area contributed by atoms with E-state index in [1.54, 1.807) is 30.3 Å². The van der Waals surface area contributed by atoms with Crippen LogP contribution in [0.5, 0.6) is 5.75 Å². The number of pyridine rings is 1. The number of aromatic nitrogens is 1. The van der Waals surface area contributed by atoms with Crippen LogP contribution >= 0.6 is 15.9 Å². The largest absolute Gasteiger partial charge is 0.507 e. The fourth-order valence-electron chi connectivity index (χ4n) is 3.70. The maximum Gasteiger partial charge on any atom is 0.166 e. The summed E-state index contributed by atoms with van der Waals surface area (Å²) in [6.07, 6.45) is 0.900. The number of benzene rings is 2. The number of nitrogens with one attached hydrogen (secondary N) is 1. The molecule has 8 heteroatoms. The lowest BCUT2D eigenvalue weighted by Crippen LogP contribution is -2.37. The second-order valence-corrected chi connectivity index (χ2v) is 8.54. The van der Waals surface area contributed by atoms with E-state index in [1.807, 2.05) is 0 Å². The molecule has 0 amide bonds. The average Bonchev–Trinajstić information content (AvgIpc) is 2.80. The quantitative estimate of drug-likeness (QED) is 0.428. The number of morpholine rings is 1. The Kier molecular flexibility index (Phi) is 7.34. The van der Waals surface area contributed by atoms with Gasteiger partial charge in [-0.05, 0) is 54.9 Å². The van der Waals surface area contributed by atoms with Crippen LogP contribution in [0.4, 0.5) is 14.6 Å². The van der Waals surface area contributed by atoms with Crippen LogP contribution in [-0.4, -0.2) is 54.4 Å². The third-order valence-corrected chi connectivity index (χ3v) is 5.88. The Morgan fingerprint density at radius 2 is 1.88 bits per heavy atom. The maximum atomic E-state index is 14.5. The molecule has 1 aromatic heterocycles. The van der Waals surface area contributed by atoms with Crippen LogP contribution in [0.2, 0.25) is 0 Å². The Morgan fingerprint density at radius 3 is 2.69 bits per heavy atom. The third-order valence-electron chi connectivity index (χ3n) is 5.38.